The van der Waals surface area contributed by atoms with Gasteiger partial charge in [0, 0.05) is 10.8 Å². The lowest BCUT2D eigenvalue weighted by molar-refractivity contribution is 0.0528. The number of hydrogen-bond donors (Lipinski definition) is 0. The predicted molar refractivity (Wildman–Crippen MR) is 102 cm³/mol. The number of fused-ring (bicyclic) bond motifs is 4. The molecule has 3 heterocycles. The number of thiophene rings is 1. The number of ether oxygens (including phenoxy) is 3. The topological polar surface area (TPSA) is 57.7 Å². The maximum absolute atomic E-state index is 12.4. The van der Waals surface area contributed by atoms with Gasteiger partial charge < -0.3 is 14.2 Å². The molecule has 4 aromatic rings. The summed E-state index contributed by atoms with van der Waals surface area (Å²) in [6.07, 6.45) is 0. The van der Waals surface area contributed by atoms with Crippen LogP contribution in [0.1, 0.15) is 16.6 Å². The van der Waals surface area contributed by atoms with Gasteiger partial charge in [0.1, 0.15) is 23.8 Å². The van der Waals surface area contributed by atoms with Gasteiger partial charge in [0.05, 0.1) is 17.5 Å². The molecule has 0 amide bonds. The molecule has 0 bridgehead atoms. The number of carbonyl (C=O) groups excluding carboxylic acids is 1. The Morgan fingerprint density at radius 2 is 1.92 bits per heavy atom. The Balaban J connectivity index is 1.91. The summed E-state index contributed by atoms with van der Waals surface area (Å²) in [7, 11) is 0. The third kappa shape index (κ3) is 2.15. The van der Waals surface area contributed by atoms with Crippen molar-refractivity contribution in [2.45, 2.75) is 6.92 Å². The number of rotatable bonds is 2. The minimum Gasteiger partial charge on any atom is -0.488 e. The summed E-state index contributed by atoms with van der Waals surface area (Å²) in [4.78, 5) is 18.4. The van der Waals surface area contributed by atoms with E-state index in [0.29, 0.717) is 30.4 Å². The maximum atomic E-state index is 12.4. The fourth-order valence-corrected chi connectivity index (χ4v) is 4.40. The number of benzene rings is 2. The molecule has 0 fully saturated rings. The molecule has 130 valence electrons. The third-order valence-electron chi connectivity index (χ3n) is 4.47. The van der Waals surface area contributed by atoms with Crippen molar-refractivity contribution in [3.63, 3.8) is 0 Å². The van der Waals surface area contributed by atoms with Crippen LogP contribution in [0.2, 0.25) is 0 Å². The van der Waals surface area contributed by atoms with Crippen LogP contribution in [0.4, 0.5) is 0 Å². The average molecular weight is 365 g/mol. The van der Waals surface area contributed by atoms with Crippen LogP contribution in [0.5, 0.6) is 11.5 Å². The van der Waals surface area contributed by atoms with Crippen molar-refractivity contribution in [2.24, 2.45) is 0 Å². The van der Waals surface area contributed by atoms with E-state index >= 15 is 0 Å². The van der Waals surface area contributed by atoms with Crippen LogP contribution in [0.25, 0.3) is 31.9 Å². The largest absolute Gasteiger partial charge is 0.488 e. The van der Waals surface area contributed by atoms with Gasteiger partial charge in [0.25, 0.3) is 0 Å². The molecular formula is C20H15NO4S. The van der Waals surface area contributed by atoms with E-state index < -0.39 is 0 Å². The van der Waals surface area contributed by atoms with Crippen LogP contribution in [0.15, 0.2) is 36.4 Å². The molecule has 0 saturated heterocycles. The molecule has 1 aliphatic heterocycles. The lowest BCUT2D eigenvalue weighted by atomic mass is 10.0. The van der Waals surface area contributed by atoms with E-state index in [1.165, 1.54) is 11.3 Å². The summed E-state index contributed by atoms with van der Waals surface area (Å²) in [6.45, 7) is 2.90. The molecule has 5 nitrogen and oxygen atoms in total. The summed E-state index contributed by atoms with van der Waals surface area (Å²) in [6, 6.07) is 12.2. The fourth-order valence-electron chi connectivity index (χ4n) is 3.38. The molecule has 2 aromatic carbocycles. The van der Waals surface area contributed by atoms with Gasteiger partial charge in [-0.2, -0.15) is 0 Å². The van der Waals surface area contributed by atoms with Gasteiger partial charge in [-0.25, -0.2) is 9.78 Å². The van der Waals surface area contributed by atoms with Crippen LogP contribution in [0.3, 0.4) is 0 Å². The Hall–Kier alpha value is -2.86. The van der Waals surface area contributed by atoms with E-state index in [4.69, 9.17) is 19.2 Å². The average Bonchev–Trinajstić information content (AvgIpc) is 2.88. The second-order valence-corrected chi connectivity index (χ2v) is 6.98. The van der Waals surface area contributed by atoms with E-state index in [-0.39, 0.29) is 5.97 Å². The summed E-state index contributed by atoms with van der Waals surface area (Å²) in [5, 5.41) is 3.87. The Bertz CT molecular complexity index is 1180. The van der Waals surface area contributed by atoms with E-state index in [0.717, 1.165) is 37.6 Å². The Kier molecular flexibility index (Phi) is 3.46. The summed E-state index contributed by atoms with van der Waals surface area (Å²) < 4.78 is 17.1. The first-order chi connectivity index (χ1) is 12.8. The minimum absolute atomic E-state index is 0.315. The molecule has 0 N–H and O–H groups in total. The number of nitrogens with zero attached hydrogens (tertiary/aromatic N) is 1. The van der Waals surface area contributed by atoms with Gasteiger partial charge in [-0.05, 0) is 18.4 Å². The number of hydrogen-bond acceptors (Lipinski definition) is 6. The van der Waals surface area contributed by atoms with E-state index in [9.17, 15) is 4.79 Å². The van der Waals surface area contributed by atoms with Gasteiger partial charge in [-0.1, -0.05) is 30.3 Å². The summed E-state index contributed by atoms with van der Waals surface area (Å²) >= 11 is 1.29. The van der Waals surface area contributed by atoms with Crippen molar-refractivity contribution < 1.29 is 19.0 Å². The molecule has 0 saturated carbocycles. The van der Waals surface area contributed by atoms with Crippen LogP contribution < -0.4 is 9.47 Å². The van der Waals surface area contributed by atoms with Gasteiger partial charge in [-0.3, -0.25) is 0 Å². The molecule has 2 aromatic heterocycles. The first-order valence-corrected chi connectivity index (χ1v) is 9.30. The zero-order chi connectivity index (χ0) is 17.7. The molecule has 26 heavy (non-hydrogen) atoms. The smallest absolute Gasteiger partial charge is 0.352 e. The monoisotopic (exact) mass is 365 g/mol. The SMILES string of the molecule is CCOC(=O)c1sc2nc3c(ccc4ccccc43)c3c2c1OCCO3. The minimum atomic E-state index is -0.382. The maximum Gasteiger partial charge on any atom is 0.352 e. The Morgan fingerprint density at radius 1 is 1.12 bits per heavy atom. The first kappa shape index (κ1) is 15.4. The van der Waals surface area contributed by atoms with Crippen molar-refractivity contribution in [2.75, 3.05) is 19.8 Å². The highest BCUT2D eigenvalue weighted by molar-refractivity contribution is 7.21. The molecule has 0 unspecified atom stereocenters. The lowest BCUT2D eigenvalue weighted by Crippen LogP contribution is -2.08. The lowest BCUT2D eigenvalue weighted by Gasteiger charge is -2.09. The molecule has 1 aliphatic rings. The van der Waals surface area contributed by atoms with E-state index in [1.54, 1.807) is 6.92 Å². The molecular weight excluding hydrogens is 350 g/mol. The quantitative estimate of drug-likeness (QED) is 0.385. The van der Waals surface area contributed by atoms with Crippen LogP contribution >= 0.6 is 11.3 Å². The zero-order valence-corrected chi connectivity index (χ0v) is 14.9. The highest BCUT2D eigenvalue weighted by Crippen LogP contribution is 2.47. The van der Waals surface area contributed by atoms with Crippen LogP contribution in [0, 0.1) is 0 Å². The number of esters is 1. The Morgan fingerprint density at radius 3 is 2.77 bits per heavy atom. The normalized spacial score (nSPS) is 13.4. The van der Waals surface area contributed by atoms with E-state index in [1.807, 2.05) is 18.2 Å². The van der Waals surface area contributed by atoms with Gasteiger partial charge in [0.15, 0.2) is 10.6 Å². The summed E-state index contributed by atoms with van der Waals surface area (Å²) in [5.41, 5.74) is 0.871. The molecule has 0 aliphatic carbocycles. The first-order valence-electron chi connectivity index (χ1n) is 8.48. The second kappa shape index (κ2) is 5.85. The molecule has 0 atom stereocenters. The Labute approximate surface area is 153 Å². The summed E-state index contributed by atoms with van der Waals surface area (Å²) in [5.74, 6) is 0.876. The van der Waals surface area contributed by atoms with Crippen LogP contribution in [-0.4, -0.2) is 30.8 Å². The van der Waals surface area contributed by atoms with Gasteiger partial charge in [-0.15, -0.1) is 11.3 Å². The number of aromatic nitrogens is 1. The molecule has 6 heteroatoms. The molecule has 0 spiro atoms. The predicted octanol–water partition coefficient (Wildman–Crippen LogP) is 4.55. The van der Waals surface area contributed by atoms with Crippen LogP contribution in [-0.2, 0) is 4.74 Å². The van der Waals surface area contributed by atoms with Crippen molar-refractivity contribution in [3.8, 4) is 11.5 Å². The van der Waals surface area contributed by atoms with Crippen molar-refractivity contribution in [3.05, 3.63) is 41.3 Å². The number of pyridine rings is 1. The molecule has 0 radical (unpaired) electrons. The second-order valence-electron chi connectivity index (χ2n) is 5.98. The highest BCUT2D eigenvalue weighted by atomic mass is 32.1. The van der Waals surface area contributed by atoms with Crippen molar-refractivity contribution in [1.29, 1.82) is 0 Å². The highest BCUT2D eigenvalue weighted by Gasteiger charge is 2.28. The van der Waals surface area contributed by atoms with Crippen molar-refractivity contribution in [1.82, 2.24) is 4.98 Å². The van der Waals surface area contributed by atoms with Gasteiger partial charge in [0.2, 0.25) is 0 Å². The fraction of sp³-hybridized carbons (Fsp3) is 0.200. The third-order valence-corrected chi connectivity index (χ3v) is 5.51. The standard InChI is InChI=1S/C20H15NO4S/c1-2-23-20(22)18-17-14-16(24-9-10-25-17)13-8-7-11-5-3-4-6-12(11)15(13)21-19(14)26-18/h3-8H,2,9-10H2,1H3. The van der Waals surface area contributed by atoms with E-state index in [2.05, 4.69) is 18.2 Å². The zero-order valence-electron chi connectivity index (χ0n) is 14.1. The number of carbonyl (C=O) groups is 1. The molecule has 5 rings (SSSR count). The van der Waals surface area contributed by atoms with Crippen molar-refractivity contribution >= 4 is 49.2 Å². The van der Waals surface area contributed by atoms with Gasteiger partial charge >= 0.3 is 5.97 Å².